The average molecular weight is 324 g/mol. The van der Waals surface area contributed by atoms with Crippen molar-refractivity contribution in [3.63, 3.8) is 0 Å². The maximum atomic E-state index is 13.6. The molecule has 1 aliphatic heterocycles. The Labute approximate surface area is 139 Å². The quantitative estimate of drug-likeness (QED) is 0.740. The molecule has 24 heavy (non-hydrogen) atoms. The van der Waals surface area contributed by atoms with Crippen LogP contribution in [0.25, 0.3) is 10.9 Å². The van der Waals surface area contributed by atoms with Gasteiger partial charge in [0.05, 0.1) is 18.3 Å². The van der Waals surface area contributed by atoms with Crippen LogP contribution in [0.5, 0.6) is 5.75 Å². The monoisotopic (exact) mass is 324 g/mol. The Balaban J connectivity index is 1.59. The molecule has 0 saturated carbocycles. The van der Waals surface area contributed by atoms with Crippen LogP contribution in [-0.4, -0.2) is 34.1 Å². The number of hydrogen-bond donors (Lipinski definition) is 0. The van der Waals surface area contributed by atoms with Crippen LogP contribution >= 0.6 is 0 Å². The molecule has 1 saturated heterocycles. The highest BCUT2D eigenvalue weighted by molar-refractivity contribution is 5.89. The van der Waals surface area contributed by atoms with Crippen molar-refractivity contribution in [2.24, 2.45) is 0 Å². The van der Waals surface area contributed by atoms with Crippen molar-refractivity contribution >= 4 is 16.7 Å². The summed E-state index contributed by atoms with van der Waals surface area (Å²) in [7, 11) is 0. The minimum absolute atomic E-state index is 0.0570. The smallest absolute Gasteiger partial charge is 0.140 e. The van der Waals surface area contributed by atoms with Gasteiger partial charge in [0.2, 0.25) is 0 Å². The van der Waals surface area contributed by atoms with E-state index in [-0.39, 0.29) is 11.9 Å². The van der Waals surface area contributed by atoms with E-state index in [1.54, 1.807) is 18.5 Å². The molecular formula is C18H17FN4O. The predicted octanol–water partition coefficient (Wildman–Crippen LogP) is 3.21. The average Bonchev–Trinajstić information content (AvgIpc) is 2.62. The second-order valence-electron chi connectivity index (χ2n) is 5.88. The molecule has 1 fully saturated rings. The summed E-state index contributed by atoms with van der Waals surface area (Å²) in [5.74, 6) is 1.25. The number of piperidine rings is 1. The van der Waals surface area contributed by atoms with E-state index in [0.29, 0.717) is 6.54 Å². The van der Waals surface area contributed by atoms with Gasteiger partial charge in [-0.3, -0.25) is 4.98 Å². The summed E-state index contributed by atoms with van der Waals surface area (Å²) in [6.07, 6.45) is 6.99. The SMILES string of the molecule is Fc1ccc2ncnc(N3CCCC(Oc4cccnc4)C3)c2c1. The van der Waals surface area contributed by atoms with Gasteiger partial charge in [0, 0.05) is 18.1 Å². The molecule has 0 aliphatic carbocycles. The number of halogens is 1. The van der Waals surface area contributed by atoms with Crippen LogP contribution in [0.4, 0.5) is 10.2 Å². The van der Waals surface area contributed by atoms with Crippen molar-refractivity contribution < 1.29 is 9.13 Å². The van der Waals surface area contributed by atoms with Crippen LogP contribution in [0.3, 0.4) is 0 Å². The molecule has 3 aromatic rings. The summed E-state index contributed by atoms with van der Waals surface area (Å²) in [4.78, 5) is 14.8. The molecule has 0 radical (unpaired) electrons. The fourth-order valence-electron chi connectivity index (χ4n) is 3.10. The zero-order valence-corrected chi connectivity index (χ0v) is 13.1. The third-order valence-electron chi connectivity index (χ3n) is 4.19. The van der Waals surface area contributed by atoms with Crippen molar-refractivity contribution in [1.29, 1.82) is 0 Å². The largest absolute Gasteiger partial charge is 0.487 e. The van der Waals surface area contributed by atoms with Crippen molar-refractivity contribution in [1.82, 2.24) is 15.0 Å². The van der Waals surface area contributed by atoms with Gasteiger partial charge in [-0.15, -0.1) is 0 Å². The van der Waals surface area contributed by atoms with Crippen LogP contribution < -0.4 is 9.64 Å². The first-order valence-electron chi connectivity index (χ1n) is 8.01. The van der Waals surface area contributed by atoms with Crippen molar-refractivity contribution in [3.8, 4) is 5.75 Å². The lowest BCUT2D eigenvalue weighted by molar-refractivity contribution is 0.178. The van der Waals surface area contributed by atoms with Crippen molar-refractivity contribution in [2.45, 2.75) is 18.9 Å². The van der Waals surface area contributed by atoms with Crippen LogP contribution in [0, 0.1) is 5.82 Å². The topological polar surface area (TPSA) is 51.1 Å². The molecule has 1 atom stereocenters. The second-order valence-corrected chi connectivity index (χ2v) is 5.88. The molecule has 0 spiro atoms. The minimum atomic E-state index is -0.279. The molecule has 1 aromatic carbocycles. The molecule has 5 nitrogen and oxygen atoms in total. The Bertz CT molecular complexity index is 843. The molecule has 1 unspecified atom stereocenters. The third kappa shape index (κ3) is 2.99. The number of hydrogen-bond acceptors (Lipinski definition) is 5. The van der Waals surface area contributed by atoms with Gasteiger partial charge in [0.15, 0.2) is 0 Å². The van der Waals surface area contributed by atoms with Gasteiger partial charge in [-0.2, -0.15) is 0 Å². The first kappa shape index (κ1) is 14.8. The van der Waals surface area contributed by atoms with E-state index in [2.05, 4.69) is 19.9 Å². The van der Waals surface area contributed by atoms with Crippen LogP contribution in [0.1, 0.15) is 12.8 Å². The molecule has 0 N–H and O–H groups in total. The van der Waals surface area contributed by atoms with Gasteiger partial charge in [0.25, 0.3) is 0 Å². The zero-order valence-electron chi connectivity index (χ0n) is 13.1. The third-order valence-corrected chi connectivity index (χ3v) is 4.19. The van der Waals surface area contributed by atoms with E-state index in [9.17, 15) is 4.39 Å². The van der Waals surface area contributed by atoms with Gasteiger partial charge in [0.1, 0.15) is 29.8 Å². The van der Waals surface area contributed by atoms with Gasteiger partial charge >= 0.3 is 0 Å². The number of fused-ring (bicyclic) bond motifs is 1. The lowest BCUT2D eigenvalue weighted by atomic mass is 10.1. The zero-order chi connectivity index (χ0) is 16.4. The van der Waals surface area contributed by atoms with Crippen molar-refractivity contribution in [3.05, 3.63) is 54.9 Å². The number of benzene rings is 1. The lowest BCUT2D eigenvalue weighted by Gasteiger charge is -2.34. The molecule has 0 bridgehead atoms. The number of aromatic nitrogens is 3. The number of anilines is 1. The molecule has 2 aromatic heterocycles. The normalized spacial score (nSPS) is 17.9. The second kappa shape index (κ2) is 6.39. The Morgan fingerprint density at radius 2 is 2.17 bits per heavy atom. The summed E-state index contributed by atoms with van der Waals surface area (Å²) in [6, 6.07) is 8.36. The summed E-state index contributed by atoms with van der Waals surface area (Å²) < 4.78 is 19.7. The lowest BCUT2D eigenvalue weighted by Crippen LogP contribution is -2.41. The van der Waals surface area contributed by atoms with E-state index in [4.69, 9.17) is 4.74 Å². The van der Waals surface area contributed by atoms with Crippen molar-refractivity contribution in [2.75, 3.05) is 18.0 Å². The summed E-state index contributed by atoms with van der Waals surface area (Å²) in [5.41, 5.74) is 0.747. The Hall–Kier alpha value is -2.76. The Kier molecular flexibility index (Phi) is 3.94. The van der Waals surface area contributed by atoms with Gasteiger partial charge in [-0.1, -0.05) is 0 Å². The minimum Gasteiger partial charge on any atom is -0.487 e. The number of ether oxygens (including phenoxy) is 1. The van der Waals surface area contributed by atoms with E-state index in [0.717, 1.165) is 41.9 Å². The summed E-state index contributed by atoms with van der Waals surface area (Å²) in [6.45, 7) is 1.58. The molecule has 122 valence electrons. The number of pyridine rings is 1. The molecular weight excluding hydrogens is 307 g/mol. The van der Waals surface area contributed by atoms with Crippen LogP contribution in [0.2, 0.25) is 0 Å². The Morgan fingerprint density at radius 1 is 1.21 bits per heavy atom. The number of nitrogens with zero attached hydrogens (tertiary/aromatic N) is 4. The standard InChI is InChI=1S/C18H17FN4O/c19-13-5-6-17-16(9-13)18(22-12-21-17)23-8-2-4-15(11-23)24-14-3-1-7-20-10-14/h1,3,5-7,9-10,12,15H,2,4,8,11H2. The highest BCUT2D eigenvalue weighted by atomic mass is 19.1. The predicted molar refractivity (Wildman–Crippen MR) is 89.6 cm³/mol. The molecule has 3 heterocycles. The highest BCUT2D eigenvalue weighted by Crippen LogP contribution is 2.27. The van der Waals surface area contributed by atoms with E-state index in [1.807, 2.05) is 12.1 Å². The Morgan fingerprint density at radius 3 is 3.04 bits per heavy atom. The van der Waals surface area contributed by atoms with E-state index >= 15 is 0 Å². The molecule has 1 aliphatic rings. The van der Waals surface area contributed by atoms with Crippen LogP contribution in [-0.2, 0) is 0 Å². The maximum absolute atomic E-state index is 13.6. The molecule has 6 heteroatoms. The summed E-state index contributed by atoms with van der Waals surface area (Å²) in [5, 5.41) is 0.736. The summed E-state index contributed by atoms with van der Waals surface area (Å²) >= 11 is 0. The fourth-order valence-corrected chi connectivity index (χ4v) is 3.10. The fraction of sp³-hybridized carbons (Fsp3) is 0.278. The number of rotatable bonds is 3. The van der Waals surface area contributed by atoms with Gasteiger partial charge < -0.3 is 9.64 Å². The molecule has 4 rings (SSSR count). The van der Waals surface area contributed by atoms with E-state index < -0.39 is 0 Å². The van der Waals surface area contributed by atoms with Gasteiger partial charge in [-0.05, 0) is 43.2 Å². The van der Waals surface area contributed by atoms with E-state index in [1.165, 1.54) is 18.5 Å². The maximum Gasteiger partial charge on any atom is 0.140 e. The first-order valence-corrected chi connectivity index (χ1v) is 8.01. The van der Waals surface area contributed by atoms with Crippen LogP contribution in [0.15, 0.2) is 49.1 Å². The van der Waals surface area contributed by atoms with Gasteiger partial charge in [-0.25, -0.2) is 14.4 Å². The first-order chi connectivity index (χ1) is 11.8. The molecule has 0 amide bonds. The highest BCUT2D eigenvalue weighted by Gasteiger charge is 2.24.